The summed E-state index contributed by atoms with van der Waals surface area (Å²) in [6, 6.07) is -0.725. The third kappa shape index (κ3) is 7.49. The molecule has 0 aromatic rings. The lowest BCUT2D eigenvalue weighted by Gasteiger charge is -2.14. The van der Waals surface area contributed by atoms with E-state index in [1.807, 2.05) is 0 Å². The van der Waals surface area contributed by atoms with Crippen molar-refractivity contribution in [3.8, 4) is 0 Å². The molecule has 7 heteroatoms. The van der Waals surface area contributed by atoms with Crippen LogP contribution in [0.25, 0.3) is 0 Å². The summed E-state index contributed by atoms with van der Waals surface area (Å²) >= 11 is 2.98. The smallest absolute Gasteiger partial charge is 0.217 e. The molecule has 0 aromatic carbocycles. The Labute approximate surface area is 97.7 Å². The maximum absolute atomic E-state index is 11.3. The number of Topliss-reactive ketones (excluding diaryl/α,β-unsaturated/α-hetero) is 1. The molecule has 0 aliphatic carbocycles. The van der Waals surface area contributed by atoms with Gasteiger partial charge in [0, 0.05) is 13.2 Å². The van der Waals surface area contributed by atoms with Crippen LogP contribution < -0.4 is 5.32 Å². The first-order valence-electron chi connectivity index (χ1n) is 4.29. The van der Waals surface area contributed by atoms with E-state index in [0.29, 0.717) is 0 Å². The fourth-order valence-corrected chi connectivity index (χ4v) is 2.04. The van der Waals surface area contributed by atoms with E-state index in [1.54, 1.807) is 0 Å². The zero-order valence-electron chi connectivity index (χ0n) is 8.62. The van der Waals surface area contributed by atoms with E-state index in [-0.39, 0.29) is 29.2 Å². The van der Waals surface area contributed by atoms with E-state index in [9.17, 15) is 18.0 Å². The van der Waals surface area contributed by atoms with Crippen LogP contribution in [0.4, 0.5) is 0 Å². The second-order valence-electron chi connectivity index (χ2n) is 3.27. The first-order chi connectivity index (χ1) is 6.76. The largest absolute Gasteiger partial charge is 0.346 e. The molecule has 0 saturated carbocycles. The molecule has 88 valence electrons. The number of rotatable bonds is 6. The topological polar surface area (TPSA) is 80.3 Å². The molecule has 0 aliphatic rings. The van der Waals surface area contributed by atoms with Crippen molar-refractivity contribution in [3.63, 3.8) is 0 Å². The summed E-state index contributed by atoms with van der Waals surface area (Å²) in [6.45, 7) is 1.29. The molecule has 0 spiro atoms. The first-order valence-corrected chi connectivity index (χ1v) is 7.48. The van der Waals surface area contributed by atoms with Gasteiger partial charge in [-0.25, -0.2) is 8.42 Å². The Balaban J connectivity index is 4.38. The fourth-order valence-electron chi connectivity index (χ4n) is 0.984. The van der Waals surface area contributed by atoms with Crippen molar-refractivity contribution in [3.05, 3.63) is 0 Å². The van der Waals surface area contributed by atoms with Gasteiger partial charge in [-0.15, -0.1) is 0 Å². The summed E-state index contributed by atoms with van der Waals surface area (Å²) in [5, 5.41) is 2.52. The van der Waals surface area contributed by atoms with Gasteiger partial charge < -0.3 is 5.32 Å². The summed E-state index contributed by atoms with van der Waals surface area (Å²) < 4.78 is 21.8. The summed E-state index contributed by atoms with van der Waals surface area (Å²) in [5.74, 6) is -0.687. The van der Waals surface area contributed by atoms with E-state index in [1.165, 1.54) is 6.92 Å². The number of hydrogen-bond donors (Lipinski definition) is 1. The van der Waals surface area contributed by atoms with E-state index in [0.717, 1.165) is 6.26 Å². The summed E-state index contributed by atoms with van der Waals surface area (Å²) in [6.07, 6.45) is 1.21. The predicted octanol–water partition coefficient (Wildman–Crippen LogP) is -0.110. The van der Waals surface area contributed by atoms with Gasteiger partial charge in [0.05, 0.1) is 17.1 Å². The highest BCUT2D eigenvalue weighted by molar-refractivity contribution is 9.09. The van der Waals surface area contributed by atoms with Crippen molar-refractivity contribution in [2.75, 3.05) is 17.3 Å². The molecule has 0 aromatic heterocycles. The quantitative estimate of drug-likeness (QED) is 0.694. The normalized spacial score (nSPS) is 13.3. The highest BCUT2D eigenvalue weighted by Crippen LogP contribution is 2.00. The molecule has 5 nitrogen and oxygen atoms in total. The van der Waals surface area contributed by atoms with Crippen LogP contribution in [0.5, 0.6) is 0 Å². The zero-order chi connectivity index (χ0) is 12.1. The molecule has 0 fully saturated rings. The standard InChI is InChI=1S/C8H14BrNO4S/c1-6(11)10-7(8(12)5-9)3-4-15(2,13)14/h7H,3-5H2,1-2H3,(H,10,11). The fraction of sp³-hybridized carbons (Fsp3) is 0.750. The Hall–Kier alpha value is -0.430. The number of nitrogens with one attached hydrogen (secondary N) is 1. The molecule has 0 heterocycles. The maximum Gasteiger partial charge on any atom is 0.217 e. The van der Waals surface area contributed by atoms with Crippen LogP contribution in [-0.2, 0) is 19.4 Å². The minimum Gasteiger partial charge on any atom is -0.346 e. The number of sulfone groups is 1. The average Bonchev–Trinajstić information content (AvgIpc) is 2.09. The molecular formula is C8H14BrNO4S. The van der Waals surface area contributed by atoms with Crippen LogP contribution in [-0.4, -0.2) is 43.5 Å². The number of carbonyl (C=O) groups excluding carboxylic acids is 2. The predicted molar refractivity (Wildman–Crippen MR) is 60.7 cm³/mol. The second-order valence-corrected chi connectivity index (χ2v) is 6.09. The molecule has 0 bridgehead atoms. The van der Waals surface area contributed by atoms with Crippen LogP contribution in [0.3, 0.4) is 0 Å². The molecule has 15 heavy (non-hydrogen) atoms. The Morgan fingerprint density at radius 3 is 2.27 bits per heavy atom. The van der Waals surface area contributed by atoms with Gasteiger partial charge in [-0.1, -0.05) is 15.9 Å². The average molecular weight is 300 g/mol. The highest BCUT2D eigenvalue weighted by Gasteiger charge is 2.19. The Kier molecular flexibility index (Phi) is 6.04. The van der Waals surface area contributed by atoms with Gasteiger partial charge in [-0.05, 0) is 6.42 Å². The SMILES string of the molecule is CC(=O)NC(CCS(C)(=O)=O)C(=O)CBr. The maximum atomic E-state index is 11.3. The van der Waals surface area contributed by atoms with Gasteiger partial charge >= 0.3 is 0 Å². The van der Waals surface area contributed by atoms with Crippen molar-refractivity contribution in [1.29, 1.82) is 0 Å². The van der Waals surface area contributed by atoms with Gasteiger partial charge in [-0.2, -0.15) is 0 Å². The third-order valence-electron chi connectivity index (χ3n) is 1.68. The van der Waals surface area contributed by atoms with Crippen LogP contribution in [0, 0.1) is 0 Å². The monoisotopic (exact) mass is 299 g/mol. The van der Waals surface area contributed by atoms with Crippen LogP contribution in [0.15, 0.2) is 0 Å². The lowest BCUT2D eigenvalue weighted by Crippen LogP contribution is -2.41. The van der Waals surface area contributed by atoms with Gasteiger partial charge in [0.2, 0.25) is 5.91 Å². The molecule has 1 atom stereocenters. The first kappa shape index (κ1) is 14.6. The number of alkyl halides is 1. The third-order valence-corrected chi connectivity index (χ3v) is 3.21. The molecule has 1 N–H and O–H groups in total. The molecule has 0 aliphatic heterocycles. The highest BCUT2D eigenvalue weighted by atomic mass is 79.9. The molecule has 0 saturated heterocycles. The molecule has 1 amide bonds. The van der Waals surface area contributed by atoms with Gasteiger partial charge in [0.1, 0.15) is 9.84 Å². The molecule has 0 radical (unpaired) electrons. The van der Waals surface area contributed by atoms with Gasteiger partial charge in [0.25, 0.3) is 0 Å². The van der Waals surface area contributed by atoms with Gasteiger partial charge in [0.15, 0.2) is 5.78 Å². The van der Waals surface area contributed by atoms with E-state index >= 15 is 0 Å². The Bertz CT molecular complexity index is 339. The minimum absolute atomic E-state index is 0.0989. The second kappa shape index (κ2) is 6.22. The summed E-state index contributed by atoms with van der Waals surface area (Å²) in [7, 11) is -3.12. The number of halogens is 1. The van der Waals surface area contributed by atoms with Crippen molar-refractivity contribution in [2.45, 2.75) is 19.4 Å². The zero-order valence-corrected chi connectivity index (χ0v) is 11.0. The molecule has 1 unspecified atom stereocenters. The Morgan fingerprint density at radius 2 is 1.93 bits per heavy atom. The van der Waals surface area contributed by atoms with E-state index < -0.39 is 15.9 Å². The van der Waals surface area contributed by atoms with Gasteiger partial charge in [-0.3, -0.25) is 9.59 Å². The van der Waals surface area contributed by atoms with Crippen molar-refractivity contribution < 1.29 is 18.0 Å². The Morgan fingerprint density at radius 1 is 1.40 bits per heavy atom. The van der Waals surface area contributed by atoms with Crippen molar-refractivity contribution in [2.24, 2.45) is 0 Å². The van der Waals surface area contributed by atoms with Crippen molar-refractivity contribution in [1.82, 2.24) is 5.32 Å². The number of amides is 1. The molecule has 0 rings (SSSR count). The van der Waals surface area contributed by atoms with Crippen molar-refractivity contribution >= 4 is 37.5 Å². The van der Waals surface area contributed by atoms with Crippen LogP contribution in [0.2, 0.25) is 0 Å². The van der Waals surface area contributed by atoms with Crippen LogP contribution >= 0.6 is 15.9 Å². The molecular weight excluding hydrogens is 286 g/mol. The van der Waals surface area contributed by atoms with Crippen LogP contribution in [0.1, 0.15) is 13.3 Å². The lowest BCUT2D eigenvalue weighted by molar-refractivity contribution is -0.125. The number of hydrogen-bond acceptors (Lipinski definition) is 4. The number of carbonyl (C=O) groups is 2. The van der Waals surface area contributed by atoms with E-state index in [4.69, 9.17) is 0 Å². The summed E-state index contributed by atoms with van der Waals surface area (Å²) in [5.41, 5.74) is 0. The summed E-state index contributed by atoms with van der Waals surface area (Å²) in [4.78, 5) is 22.1. The lowest BCUT2D eigenvalue weighted by atomic mass is 10.1. The van der Waals surface area contributed by atoms with E-state index in [2.05, 4.69) is 21.2 Å². The number of ketones is 1. The minimum atomic E-state index is -3.12.